The van der Waals surface area contributed by atoms with Gasteiger partial charge in [-0.1, -0.05) is 23.4 Å². The zero-order valence-corrected chi connectivity index (χ0v) is 17.5. The van der Waals surface area contributed by atoms with Crippen molar-refractivity contribution >= 4 is 44.8 Å². The van der Waals surface area contributed by atoms with Crippen LogP contribution in [0.2, 0.25) is 5.02 Å². The molecule has 7 nitrogen and oxygen atoms in total. The average Bonchev–Trinajstić information content (AvgIpc) is 3.01. The van der Waals surface area contributed by atoms with Crippen LogP contribution in [0.25, 0.3) is 11.4 Å². The van der Waals surface area contributed by atoms with Crippen LogP contribution in [0.3, 0.4) is 0 Å². The van der Waals surface area contributed by atoms with Crippen LogP contribution < -0.4 is 5.32 Å². The van der Waals surface area contributed by atoms with Gasteiger partial charge in [0.2, 0.25) is 5.91 Å². The molecule has 1 amide bonds. The van der Waals surface area contributed by atoms with E-state index in [2.05, 4.69) is 15.5 Å². The number of carbonyl (C=O) groups is 1. The summed E-state index contributed by atoms with van der Waals surface area (Å²) >= 11 is 7.16. The topological polar surface area (TPSA) is 94.0 Å². The summed E-state index contributed by atoms with van der Waals surface area (Å²) < 4.78 is 24.7. The average molecular weight is 437 g/mol. The van der Waals surface area contributed by atoms with E-state index in [1.165, 1.54) is 23.9 Å². The fourth-order valence-electron chi connectivity index (χ4n) is 2.40. The SMILES string of the molecule is Cn1c(SCC(=O)Nc2ccc(S(C)(=O)=O)cc2)nnc1-c1ccc(Cl)cc1. The fourth-order valence-corrected chi connectivity index (χ4v) is 3.87. The molecule has 0 aliphatic heterocycles. The van der Waals surface area contributed by atoms with Crippen LogP contribution in [0.1, 0.15) is 0 Å². The van der Waals surface area contributed by atoms with Gasteiger partial charge in [0.25, 0.3) is 0 Å². The summed E-state index contributed by atoms with van der Waals surface area (Å²) in [7, 11) is -1.44. The molecule has 0 spiro atoms. The number of nitrogens with zero attached hydrogens (tertiary/aromatic N) is 3. The molecule has 1 N–H and O–H groups in total. The lowest BCUT2D eigenvalue weighted by atomic mass is 10.2. The highest BCUT2D eigenvalue weighted by atomic mass is 35.5. The number of thioether (sulfide) groups is 1. The highest BCUT2D eigenvalue weighted by molar-refractivity contribution is 7.99. The molecule has 0 atom stereocenters. The van der Waals surface area contributed by atoms with Crippen LogP contribution in [0, 0.1) is 0 Å². The van der Waals surface area contributed by atoms with E-state index < -0.39 is 9.84 Å². The molecule has 1 heterocycles. The maximum absolute atomic E-state index is 12.2. The largest absolute Gasteiger partial charge is 0.325 e. The molecule has 0 aliphatic rings. The van der Waals surface area contributed by atoms with Crippen molar-refractivity contribution in [3.8, 4) is 11.4 Å². The van der Waals surface area contributed by atoms with Crippen molar-refractivity contribution in [2.45, 2.75) is 10.1 Å². The molecule has 146 valence electrons. The van der Waals surface area contributed by atoms with Gasteiger partial charge in [-0.3, -0.25) is 4.79 Å². The molecular weight excluding hydrogens is 420 g/mol. The number of sulfone groups is 1. The molecule has 3 rings (SSSR count). The number of carbonyl (C=O) groups excluding carboxylic acids is 1. The highest BCUT2D eigenvalue weighted by Crippen LogP contribution is 2.24. The lowest BCUT2D eigenvalue weighted by molar-refractivity contribution is -0.113. The second-order valence-corrected chi connectivity index (χ2v) is 9.40. The van der Waals surface area contributed by atoms with E-state index >= 15 is 0 Å². The van der Waals surface area contributed by atoms with E-state index in [-0.39, 0.29) is 16.6 Å². The Morgan fingerprint density at radius 2 is 1.75 bits per heavy atom. The number of rotatable bonds is 6. The van der Waals surface area contributed by atoms with Crippen LogP contribution in [0.4, 0.5) is 5.69 Å². The molecule has 2 aromatic carbocycles. The Kier molecular flexibility index (Phi) is 6.07. The van der Waals surface area contributed by atoms with E-state index in [0.717, 1.165) is 11.8 Å². The predicted octanol–water partition coefficient (Wildman–Crippen LogP) is 3.27. The van der Waals surface area contributed by atoms with Gasteiger partial charge in [0.05, 0.1) is 10.6 Å². The van der Waals surface area contributed by atoms with Crippen molar-refractivity contribution < 1.29 is 13.2 Å². The maximum Gasteiger partial charge on any atom is 0.234 e. The van der Waals surface area contributed by atoms with Crippen LogP contribution in [0.5, 0.6) is 0 Å². The lowest BCUT2D eigenvalue weighted by Gasteiger charge is -2.06. The number of halogens is 1. The van der Waals surface area contributed by atoms with Crippen molar-refractivity contribution in [3.05, 3.63) is 53.6 Å². The minimum atomic E-state index is -3.26. The summed E-state index contributed by atoms with van der Waals surface area (Å²) in [5.41, 5.74) is 1.40. The Hall–Kier alpha value is -2.36. The van der Waals surface area contributed by atoms with Gasteiger partial charge in [0.15, 0.2) is 20.8 Å². The molecule has 0 saturated heterocycles. The third-order valence-electron chi connectivity index (χ3n) is 3.84. The molecule has 1 aromatic heterocycles. The Bertz CT molecular complexity index is 1090. The molecule has 0 saturated carbocycles. The monoisotopic (exact) mass is 436 g/mol. The minimum Gasteiger partial charge on any atom is -0.325 e. The number of anilines is 1. The van der Waals surface area contributed by atoms with Crippen molar-refractivity contribution in [1.29, 1.82) is 0 Å². The summed E-state index contributed by atoms with van der Waals surface area (Å²) in [6.07, 6.45) is 1.14. The summed E-state index contributed by atoms with van der Waals surface area (Å²) in [5, 5.41) is 12.3. The van der Waals surface area contributed by atoms with Crippen molar-refractivity contribution in [2.24, 2.45) is 7.05 Å². The first-order chi connectivity index (χ1) is 13.2. The number of aromatic nitrogens is 3. The van der Waals surface area contributed by atoms with Crippen LogP contribution in [0.15, 0.2) is 58.6 Å². The fraction of sp³-hybridized carbons (Fsp3) is 0.167. The first-order valence-corrected chi connectivity index (χ1v) is 11.4. The molecule has 0 bridgehead atoms. The van der Waals surface area contributed by atoms with Crippen LogP contribution in [-0.4, -0.2) is 41.1 Å². The third-order valence-corrected chi connectivity index (χ3v) is 6.24. The second-order valence-electron chi connectivity index (χ2n) is 6.01. The standard InChI is InChI=1S/C18H17ClN4O3S2/c1-23-17(12-3-5-13(19)6-4-12)21-22-18(23)27-11-16(24)20-14-7-9-15(10-8-14)28(2,25)26/h3-10H,11H2,1-2H3,(H,20,24). The van der Waals surface area contributed by atoms with E-state index in [9.17, 15) is 13.2 Å². The highest BCUT2D eigenvalue weighted by Gasteiger charge is 2.13. The van der Waals surface area contributed by atoms with Gasteiger partial charge in [-0.15, -0.1) is 10.2 Å². The number of nitrogens with one attached hydrogen (secondary N) is 1. The van der Waals surface area contributed by atoms with Gasteiger partial charge in [-0.2, -0.15) is 0 Å². The first-order valence-electron chi connectivity index (χ1n) is 8.12. The van der Waals surface area contributed by atoms with E-state index in [1.54, 1.807) is 24.3 Å². The lowest BCUT2D eigenvalue weighted by Crippen LogP contribution is -2.14. The summed E-state index contributed by atoms with van der Waals surface area (Å²) in [6.45, 7) is 0. The molecule has 3 aromatic rings. The summed E-state index contributed by atoms with van der Waals surface area (Å²) in [6, 6.07) is 13.3. The molecule has 0 unspecified atom stereocenters. The number of benzene rings is 2. The quantitative estimate of drug-likeness (QED) is 0.596. The Labute approximate surface area is 172 Å². The van der Waals surface area contributed by atoms with Gasteiger partial charge >= 0.3 is 0 Å². The summed E-state index contributed by atoms with van der Waals surface area (Å²) in [5.74, 6) is 0.588. The normalized spacial score (nSPS) is 11.4. The Balaban J connectivity index is 1.61. The molecular formula is C18H17ClN4O3S2. The summed E-state index contributed by atoms with van der Waals surface area (Å²) in [4.78, 5) is 12.4. The van der Waals surface area contributed by atoms with Crippen molar-refractivity contribution in [3.63, 3.8) is 0 Å². The zero-order valence-electron chi connectivity index (χ0n) is 15.1. The Morgan fingerprint density at radius 3 is 2.36 bits per heavy atom. The molecule has 0 aliphatic carbocycles. The zero-order chi connectivity index (χ0) is 20.3. The van der Waals surface area contributed by atoms with Crippen molar-refractivity contribution in [1.82, 2.24) is 14.8 Å². The molecule has 0 fully saturated rings. The molecule has 10 heteroatoms. The third kappa shape index (κ3) is 4.92. The predicted molar refractivity (Wildman–Crippen MR) is 110 cm³/mol. The number of hydrogen-bond acceptors (Lipinski definition) is 6. The first kappa shape index (κ1) is 20.4. The van der Waals surface area contributed by atoms with Gasteiger partial charge in [0, 0.05) is 29.6 Å². The second kappa shape index (κ2) is 8.34. The molecule has 28 heavy (non-hydrogen) atoms. The maximum atomic E-state index is 12.2. The minimum absolute atomic E-state index is 0.139. The van der Waals surface area contributed by atoms with Crippen LogP contribution >= 0.6 is 23.4 Å². The van der Waals surface area contributed by atoms with Crippen molar-refractivity contribution in [2.75, 3.05) is 17.3 Å². The van der Waals surface area contributed by atoms with Crippen LogP contribution in [-0.2, 0) is 21.7 Å². The van der Waals surface area contributed by atoms with Gasteiger partial charge in [0.1, 0.15) is 0 Å². The smallest absolute Gasteiger partial charge is 0.234 e. The van der Waals surface area contributed by atoms with Gasteiger partial charge < -0.3 is 9.88 Å². The van der Waals surface area contributed by atoms with Gasteiger partial charge in [-0.05, 0) is 48.5 Å². The number of amides is 1. The molecule has 0 radical (unpaired) electrons. The van der Waals surface area contributed by atoms with E-state index in [4.69, 9.17) is 11.6 Å². The van der Waals surface area contributed by atoms with Gasteiger partial charge in [-0.25, -0.2) is 8.42 Å². The van der Waals surface area contributed by atoms with E-state index in [1.807, 2.05) is 23.7 Å². The number of hydrogen-bond donors (Lipinski definition) is 1. The van der Waals surface area contributed by atoms with E-state index in [0.29, 0.717) is 21.7 Å². The Morgan fingerprint density at radius 1 is 1.11 bits per heavy atom.